The number of rotatable bonds is 1. The number of benzene rings is 1. The van der Waals surface area contributed by atoms with Gasteiger partial charge in [0.1, 0.15) is 0 Å². The van der Waals surface area contributed by atoms with Crippen LogP contribution in [0.3, 0.4) is 0 Å². The topological polar surface area (TPSA) is 12.5 Å². The monoisotopic (exact) mass is 189 g/mol. The van der Waals surface area contributed by atoms with E-state index < -0.39 is 0 Å². The van der Waals surface area contributed by atoms with Crippen molar-refractivity contribution in [2.24, 2.45) is 0 Å². The van der Waals surface area contributed by atoms with E-state index in [1.807, 2.05) is 0 Å². The van der Waals surface area contributed by atoms with Gasteiger partial charge in [0.15, 0.2) is 0 Å². The largest absolute Gasteiger partial charge is 0.378 e. The van der Waals surface area contributed by atoms with E-state index in [2.05, 4.69) is 30.0 Å². The van der Waals surface area contributed by atoms with Crippen molar-refractivity contribution in [1.82, 2.24) is 4.90 Å². The number of ether oxygens (including phenoxy) is 1. The van der Waals surface area contributed by atoms with Gasteiger partial charge in [0.2, 0.25) is 0 Å². The van der Waals surface area contributed by atoms with E-state index in [1.165, 1.54) is 11.1 Å². The minimum absolute atomic E-state index is 0.668. The summed E-state index contributed by atoms with van der Waals surface area (Å²) in [6, 6.07) is 7.29. The van der Waals surface area contributed by atoms with Gasteiger partial charge in [-0.05, 0) is 23.6 Å². The average Bonchev–Trinajstić information content (AvgIpc) is 2.46. The molecule has 2 nitrogen and oxygen atoms in total. The van der Waals surface area contributed by atoms with Crippen molar-refractivity contribution >= 4 is 0 Å². The van der Waals surface area contributed by atoms with E-state index >= 15 is 0 Å². The third-order valence-corrected chi connectivity index (χ3v) is 3.38. The number of fused-ring (bicyclic) bond motifs is 1. The molecule has 1 aromatic carbocycles. The molecule has 2 heterocycles. The highest BCUT2D eigenvalue weighted by Gasteiger charge is 2.30. The minimum atomic E-state index is 0.668. The highest BCUT2D eigenvalue weighted by molar-refractivity contribution is 5.37. The van der Waals surface area contributed by atoms with Crippen molar-refractivity contribution in [3.05, 3.63) is 34.9 Å². The van der Waals surface area contributed by atoms with Gasteiger partial charge in [-0.15, -0.1) is 0 Å². The third kappa shape index (κ3) is 1.18. The number of hydrogen-bond acceptors (Lipinski definition) is 2. The Morgan fingerprint density at radius 1 is 1.29 bits per heavy atom. The molecule has 0 amide bonds. The van der Waals surface area contributed by atoms with Crippen LogP contribution >= 0.6 is 0 Å². The van der Waals surface area contributed by atoms with Crippen molar-refractivity contribution in [3.8, 4) is 0 Å². The highest BCUT2D eigenvalue weighted by Crippen LogP contribution is 2.28. The summed E-state index contributed by atoms with van der Waals surface area (Å²) in [6.45, 7) is 6.29. The van der Waals surface area contributed by atoms with Gasteiger partial charge in [0.25, 0.3) is 0 Å². The first-order valence-corrected chi connectivity index (χ1v) is 5.24. The maximum absolute atomic E-state index is 5.23. The SMILES string of the molecule is Cc1cccc2c1CN(C1COC1)C2. The number of aryl methyl sites for hydroxylation is 1. The molecule has 0 radical (unpaired) electrons. The van der Waals surface area contributed by atoms with Crippen LogP contribution in [0.15, 0.2) is 18.2 Å². The molecule has 14 heavy (non-hydrogen) atoms. The second-order valence-electron chi connectivity index (χ2n) is 4.31. The van der Waals surface area contributed by atoms with Crippen molar-refractivity contribution in [3.63, 3.8) is 0 Å². The molecule has 3 rings (SSSR count). The average molecular weight is 189 g/mol. The van der Waals surface area contributed by atoms with Crippen LogP contribution in [0.5, 0.6) is 0 Å². The molecule has 2 aliphatic rings. The second-order valence-corrected chi connectivity index (χ2v) is 4.31. The van der Waals surface area contributed by atoms with Gasteiger partial charge in [-0.1, -0.05) is 18.2 Å². The molecule has 1 saturated heterocycles. The summed E-state index contributed by atoms with van der Waals surface area (Å²) in [4.78, 5) is 2.53. The molecule has 2 aliphatic heterocycles. The molecular formula is C12H15NO. The molecule has 0 atom stereocenters. The Bertz CT molecular complexity index is 357. The van der Waals surface area contributed by atoms with E-state index in [0.717, 1.165) is 26.3 Å². The summed E-state index contributed by atoms with van der Waals surface area (Å²) in [7, 11) is 0. The van der Waals surface area contributed by atoms with Crippen LogP contribution in [0.25, 0.3) is 0 Å². The van der Waals surface area contributed by atoms with Gasteiger partial charge in [-0.3, -0.25) is 4.90 Å². The van der Waals surface area contributed by atoms with E-state index in [4.69, 9.17) is 4.74 Å². The van der Waals surface area contributed by atoms with Gasteiger partial charge >= 0.3 is 0 Å². The molecule has 0 saturated carbocycles. The van der Waals surface area contributed by atoms with E-state index in [0.29, 0.717) is 6.04 Å². The summed E-state index contributed by atoms with van der Waals surface area (Å²) < 4.78 is 5.23. The first kappa shape index (κ1) is 8.45. The fourth-order valence-corrected chi connectivity index (χ4v) is 2.31. The second kappa shape index (κ2) is 3.07. The smallest absolute Gasteiger partial charge is 0.0645 e. The van der Waals surface area contributed by atoms with Crippen LogP contribution in [-0.4, -0.2) is 24.2 Å². The minimum Gasteiger partial charge on any atom is -0.378 e. The lowest BCUT2D eigenvalue weighted by Gasteiger charge is -2.34. The Kier molecular flexibility index (Phi) is 1.85. The van der Waals surface area contributed by atoms with Crippen molar-refractivity contribution in [2.45, 2.75) is 26.1 Å². The van der Waals surface area contributed by atoms with E-state index in [-0.39, 0.29) is 0 Å². The zero-order valence-corrected chi connectivity index (χ0v) is 8.49. The molecule has 0 aromatic heterocycles. The van der Waals surface area contributed by atoms with Crippen LogP contribution < -0.4 is 0 Å². The number of hydrogen-bond donors (Lipinski definition) is 0. The summed E-state index contributed by atoms with van der Waals surface area (Å²) in [5.41, 5.74) is 4.49. The quantitative estimate of drug-likeness (QED) is 0.667. The lowest BCUT2D eigenvalue weighted by molar-refractivity contribution is -0.0669. The van der Waals surface area contributed by atoms with Gasteiger partial charge < -0.3 is 4.74 Å². The molecule has 2 heteroatoms. The summed E-state index contributed by atoms with van der Waals surface area (Å²) in [6.07, 6.45) is 0. The Balaban J connectivity index is 1.86. The molecule has 1 fully saturated rings. The van der Waals surface area contributed by atoms with Crippen LogP contribution in [0, 0.1) is 6.92 Å². The molecule has 0 N–H and O–H groups in total. The predicted octanol–water partition coefficient (Wildman–Crippen LogP) is 1.71. The maximum atomic E-state index is 5.23. The summed E-state index contributed by atoms with van der Waals surface area (Å²) >= 11 is 0. The fourth-order valence-electron chi connectivity index (χ4n) is 2.31. The molecule has 1 aromatic rings. The Labute approximate surface area is 84.5 Å². The zero-order valence-electron chi connectivity index (χ0n) is 8.49. The van der Waals surface area contributed by atoms with E-state index in [9.17, 15) is 0 Å². The Morgan fingerprint density at radius 3 is 2.79 bits per heavy atom. The first-order chi connectivity index (χ1) is 6.84. The van der Waals surface area contributed by atoms with Crippen molar-refractivity contribution in [2.75, 3.05) is 13.2 Å². The molecular weight excluding hydrogens is 174 g/mol. The molecule has 0 bridgehead atoms. The Morgan fingerprint density at radius 2 is 2.14 bits per heavy atom. The van der Waals surface area contributed by atoms with Crippen LogP contribution in [-0.2, 0) is 17.8 Å². The Hall–Kier alpha value is -0.860. The van der Waals surface area contributed by atoms with Crippen molar-refractivity contribution in [1.29, 1.82) is 0 Å². The summed E-state index contributed by atoms with van der Waals surface area (Å²) in [5.74, 6) is 0. The zero-order chi connectivity index (χ0) is 9.54. The lowest BCUT2D eigenvalue weighted by Crippen LogP contribution is -2.46. The molecule has 0 unspecified atom stereocenters. The van der Waals surface area contributed by atoms with Crippen molar-refractivity contribution < 1.29 is 4.74 Å². The van der Waals surface area contributed by atoms with Crippen LogP contribution in [0.1, 0.15) is 16.7 Å². The van der Waals surface area contributed by atoms with E-state index in [1.54, 1.807) is 5.56 Å². The summed E-state index contributed by atoms with van der Waals surface area (Å²) in [5, 5.41) is 0. The van der Waals surface area contributed by atoms with Crippen LogP contribution in [0.4, 0.5) is 0 Å². The number of nitrogens with zero attached hydrogens (tertiary/aromatic N) is 1. The fraction of sp³-hybridized carbons (Fsp3) is 0.500. The van der Waals surface area contributed by atoms with Gasteiger partial charge in [-0.25, -0.2) is 0 Å². The lowest BCUT2D eigenvalue weighted by atomic mass is 10.1. The molecule has 0 spiro atoms. The predicted molar refractivity (Wildman–Crippen MR) is 55.0 cm³/mol. The van der Waals surface area contributed by atoms with Gasteiger partial charge in [0.05, 0.1) is 19.3 Å². The maximum Gasteiger partial charge on any atom is 0.0645 e. The standard InChI is InChI=1S/C12H15NO/c1-9-3-2-4-10-5-13(6-12(9)10)11-7-14-8-11/h2-4,11H,5-8H2,1H3. The molecule has 0 aliphatic carbocycles. The molecule has 74 valence electrons. The first-order valence-electron chi connectivity index (χ1n) is 5.24. The van der Waals surface area contributed by atoms with Crippen LogP contribution in [0.2, 0.25) is 0 Å². The third-order valence-electron chi connectivity index (χ3n) is 3.38. The van der Waals surface area contributed by atoms with Gasteiger partial charge in [0, 0.05) is 13.1 Å². The van der Waals surface area contributed by atoms with Gasteiger partial charge in [-0.2, -0.15) is 0 Å². The highest BCUT2D eigenvalue weighted by atomic mass is 16.5. The normalized spacial score (nSPS) is 22.1.